The Morgan fingerprint density at radius 1 is 1.47 bits per heavy atom. The average molecular weight is 324 g/mol. The second-order valence-corrected chi connectivity index (χ2v) is 5.39. The fourth-order valence-corrected chi connectivity index (χ4v) is 2.20. The zero-order valence-corrected chi connectivity index (χ0v) is 12.5. The maximum Gasteiger partial charge on any atom is 0.125 e. The molecular weight excluding hydrogens is 306 g/mol. The monoisotopic (exact) mass is 323 g/mol. The van der Waals surface area contributed by atoms with E-state index in [2.05, 4.69) is 20.9 Å². The highest BCUT2D eigenvalue weighted by Crippen LogP contribution is 2.27. The highest BCUT2D eigenvalue weighted by atomic mass is 79.9. The van der Waals surface area contributed by atoms with Crippen molar-refractivity contribution in [2.24, 2.45) is 5.73 Å². The molecule has 0 fully saturated rings. The van der Waals surface area contributed by atoms with Crippen LogP contribution in [0.1, 0.15) is 24.9 Å². The summed E-state index contributed by atoms with van der Waals surface area (Å²) in [6.45, 7) is 3.53. The van der Waals surface area contributed by atoms with Gasteiger partial charge in [-0.05, 0) is 25.5 Å². The first kappa shape index (κ1) is 14.1. The molecule has 0 saturated heterocycles. The number of hydrogen-bond donors (Lipinski definition) is 1. The van der Waals surface area contributed by atoms with Crippen molar-refractivity contribution in [3.8, 4) is 5.75 Å². The van der Waals surface area contributed by atoms with E-state index in [1.165, 1.54) is 0 Å². The molecule has 102 valence electrons. The number of imidazole rings is 1. The number of rotatable bonds is 6. The van der Waals surface area contributed by atoms with Gasteiger partial charge in [-0.2, -0.15) is 0 Å². The lowest BCUT2D eigenvalue weighted by Crippen LogP contribution is -2.09. The average Bonchev–Trinajstić information content (AvgIpc) is 2.87. The van der Waals surface area contributed by atoms with Crippen LogP contribution in [0.5, 0.6) is 5.75 Å². The Hall–Kier alpha value is -1.33. The fourth-order valence-electron chi connectivity index (χ4n) is 1.86. The summed E-state index contributed by atoms with van der Waals surface area (Å²) in [5.74, 6) is 0.856. The smallest absolute Gasteiger partial charge is 0.125 e. The van der Waals surface area contributed by atoms with Crippen LogP contribution in [0.15, 0.2) is 41.4 Å². The van der Waals surface area contributed by atoms with Crippen molar-refractivity contribution < 1.29 is 4.74 Å². The molecule has 0 aliphatic carbocycles. The number of aromatic nitrogens is 2. The number of halogens is 1. The van der Waals surface area contributed by atoms with Crippen LogP contribution in [0.4, 0.5) is 0 Å². The van der Waals surface area contributed by atoms with Crippen LogP contribution in [0.2, 0.25) is 0 Å². The SMILES string of the molecule is C[C@@H](N)c1ccc(Br)cc1OCCCn1ccnc1. The molecule has 1 aromatic carbocycles. The first-order valence-electron chi connectivity index (χ1n) is 6.30. The highest BCUT2D eigenvalue weighted by molar-refractivity contribution is 9.10. The quantitative estimate of drug-likeness (QED) is 0.831. The summed E-state index contributed by atoms with van der Waals surface area (Å²) >= 11 is 3.45. The van der Waals surface area contributed by atoms with Crippen molar-refractivity contribution in [2.75, 3.05) is 6.61 Å². The zero-order chi connectivity index (χ0) is 13.7. The van der Waals surface area contributed by atoms with E-state index in [9.17, 15) is 0 Å². The van der Waals surface area contributed by atoms with E-state index in [-0.39, 0.29) is 6.04 Å². The zero-order valence-electron chi connectivity index (χ0n) is 10.9. The Morgan fingerprint density at radius 2 is 2.32 bits per heavy atom. The van der Waals surface area contributed by atoms with E-state index in [0.717, 1.165) is 28.8 Å². The molecule has 4 nitrogen and oxygen atoms in total. The second kappa shape index (κ2) is 6.73. The number of hydrogen-bond acceptors (Lipinski definition) is 3. The summed E-state index contributed by atoms with van der Waals surface area (Å²) in [5, 5.41) is 0. The van der Waals surface area contributed by atoms with Gasteiger partial charge in [-0.3, -0.25) is 0 Å². The number of aryl methyl sites for hydroxylation is 1. The summed E-state index contributed by atoms with van der Waals surface area (Å²) in [6.07, 6.45) is 6.48. The molecule has 0 amide bonds. The Morgan fingerprint density at radius 3 is 3.00 bits per heavy atom. The largest absolute Gasteiger partial charge is 0.493 e. The van der Waals surface area contributed by atoms with Crippen LogP contribution in [-0.4, -0.2) is 16.2 Å². The minimum atomic E-state index is -0.0308. The second-order valence-electron chi connectivity index (χ2n) is 4.47. The Labute approximate surface area is 121 Å². The number of nitrogens with two attached hydrogens (primary N) is 1. The molecule has 0 spiro atoms. The third kappa shape index (κ3) is 4.08. The minimum Gasteiger partial charge on any atom is -0.493 e. The van der Waals surface area contributed by atoms with E-state index < -0.39 is 0 Å². The fraction of sp³-hybridized carbons (Fsp3) is 0.357. The van der Waals surface area contributed by atoms with Crippen molar-refractivity contribution >= 4 is 15.9 Å². The van der Waals surface area contributed by atoms with Gasteiger partial charge in [0.15, 0.2) is 0 Å². The minimum absolute atomic E-state index is 0.0308. The van der Waals surface area contributed by atoms with Gasteiger partial charge in [0.2, 0.25) is 0 Å². The van der Waals surface area contributed by atoms with E-state index >= 15 is 0 Å². The van der Waals surface area contributed by atoms with Gasteiger partial charge in [-0.1, -0.05) is 22.0 Å². The van der Waals surface area contributed by atoms with Crippen LogP contribution >= 0.6 is 15.9 Å². The normalized spacial score (nSPS) is 12.4. The van der Waals surface area contributed by atoms with Gasteiger partial charge in [0, 0.05) is 35.0 Å². The lowest BCUT2D eigenvalue weighted by molar-refractivity contribution is 0.297. The van der Waals surface area contributed by atoms with Crippen LogP contribution in [-0.2, 0) is 6.54 Å². The maximum atomic E-state index is 5.94. The maximum absolute atomic E-state index is 5.94. The van der Waals surface area contributed by atoms with Crippen molar-refractivity contribution in [3.63, 3.8) is 0 Å². The molecule has 2 rings (SSSR count). The van der Waals surface area contributed by atoms with Gasteiger partial charge in [-0.25, -0.2) is 4.98 Å². The number of ether oxygens (including phenoxy) is 1. The first-order valence-corrected chi connectivity index (χ1v) is 7.09. The molecule has 0 saturated carbocycles. The van der Waals surface area contributed by atoms with Crippen molar-refractivity contribution in [1.82, 2.24) is 9.55 Å². The Bertz CT molecular complexity index is 511. The van der Waals surface area contributed by atoms with Gasteiger partial charge in [-0.15, -0.1) is 0 Å². The van der Waals surface area contributed by atoms with Crippen molar-refractivity contribution in [2.45, 2.75) is 25.9 Å². The van der Waals surface area contributed by atoms with Crippen LogP contribution < -0.4 is 10.5 Å². The lowest BCUT2D eigenvalue weighted by Gasteiger charge is -2.14. The summed E-state index contributed by atoms with van der Waals surface area (Å²) in [7, 11) is 0. The molecule has 1 heterocycles. The van der Waals surface area contributed by atoms with E-state index in [4.69, 9.17) is 10.5 Å². The number of nitrogens with zero attached hydrogens (tertiary/aromatic N) is 2. The van der Waals surface area contributed by atoms with E-state index in [1.54, 1.807) is 6.20 Å². The summed E-state index contributed by atoms with van der Waals surface area (Å²) in [4.78, 5) is 4.01. The Balaban J connectivity index is 1.89. The highest BCUT2D eigenvalue weighted by Gasteiger charge is 2.08. The van der Waals surface area contributed by atoms with E-state index in [1.807, 2.05) is 42.2 Å². The summed E-state index contributed by atoms with van der Waals surface area (Å²) in [5.41, 5.74) is 6.97. The molecule has 0 unspecified atom stereocenters. The van der Waals surface area contributed by atoms with Gasteiger partial charge in [0.05, 0.1) is 12.9 Å². The molecule has 1 aromatic heterocycles. The summed E-state index contributed by atoms with van der Waals surface area (Å²) in [6, 6.07) is 5.92. The standard InChI is InChI=1S/C14H18BrN3O/c1-11(16)13-4-3-12(15)9-14(13)19-8-2-6-18-7-5-17-10-18/h3-5,7,9-11H,2,6,8,16H2,1H3/t11-/m1/s1. The van der Waals surface area contributed by atoms with Gasteiger partial charge in [0.1, 0.15) is 5.75 Å². The molecule has 0 aliphatic rings. The first-order chi connectivity index (χ1) is 9.16. The molecule has 1 atom stereocenters. The molecule has 0 bridgehead atoms. The molecule has 19 heavy (non-hydrogen) atoms. The molecular formula is C14H18BrN3O. The topological polar surface area (TPSA) is 53.1 Å². The molecule has 2 aromatic rings. The molecule has 5 heteroatoms. The van der Waals surface area contributed by atoms with Gasteiger partial charge in [0.25, 0.3) is 0 Å². The third-order valence-corrected chi connectivity index (χ3v) is 3.34. The van der Waals surface area contributed by atoms with Crippen LogP contribution in [0.25, 0.3) is 0 Å². The summed E-state index contributed by atoms with van der Waals surface area (Å²) < 4.78 is 8.87. The van der Waals surface area contributed by atoms with Gasteiger partial charge < -0.3 is 15.0 Å². The lowest BCUT2D eigenvalue weighted by atomic mass is 10.1. The van der Waals surface area contributed by atoms with Crippen molar-refractivity contribution in [3.05, 3.63) is 47.0 Å². The van der Waals surface area contributed by atoms with Gasteiger partial charge >= 0.3 is 0 Å². The predicted molar refractivity (Wildman–Crippen MR) is 79.1 cm³/mol. The molecule has 2 N–H and O–H groups in total. The molecule has 0 aliphatic heterocycles. The van der Waals surface area contributed by atoms with Crippen LogP contribution in [0.3, 0.4) is 0 Å². The van der Waals surface area contributed by atoms with Crippen LogP contribution in [0, 0.1) is 0 Å². The molecule has 0 radical (unpaired) electrons. The Kier molecular flexibility index (Phi) is 4.99. The van der Waals surface area contributed by atoms with E-state index in [0.29, 0.717) is 6.61 Å². The third-order valence-electron chi connectivity index (χ3n) is 2.84. The predicted octanol–water partition coefficient (Wildman–Crippen LogP) is 3.13. The number of benzene rings is 1. The van der Waals surface area contributed by atoms with Crippen molar-refractivity contribution in [1.29, 1.82) is 0 Å².